The molecule has 5 rings (SSSR count). The van der Waals surface area contributed by atoms with E-state index in [0.717, 1.165) is 48.7 Å². The summed E-state index contributed by atoms with van der Waals surface area (Å²) < 4.78 is 5.54. The lowest BCUT2D eigenvalue weighted by Gasteiger charge is -2.31. The minimum atomic E-state index is 0.273. The van der Waals surface area contributed by atoms with Crippen LogP contribution in [0.4, 0.5) is 5.82 Å². The van der Waals surface area contributed by atoms with E-state index < -0.39 is 0 Å². The molecule has 1 aliphatic rings. The van der Waals surface area contributed by atoms with Gasteiger partial charge >= 0.3 is 0 Å². The maximum atomic E-state index is 5.54. The Kier molecular flexibility index (Phi) is 3.59. The molecule has 1 saturated heterocycles. The Morgan fingerprint density at radius 3 is 2.73 bits per heavy atom. The molecule has 1 aliphatic heterocycles. The lowest BCUT2D eigenvalue weighted by molar-refractivity contribution is 0.329. The van der Waals surface area contributed by atoms with E-state index in [-0.39, 0.29) is 5.92 Å². The van der Waals surface area contributed by atoms with Crippen LogP contribution < -0.4 is 4.90 Å². The summed E-state index contributed by atoms with van der Waals surface area (Å²) >= 11 is 0. The zero-order chi connectivity index (χ0) is 17.3. The van der Waals surface area contributed by atoms with Gasteiger partial charge in [-0.1, -0.05) is 35.5 Å². The maximum Gasteiger partial charge on any atom is 0.230 e. The van der Waals surface area contributed by atoms with E-state index in [1.54, 1.807) is 12.7 Å². The number of aromatic nitrogens is 6. The van der Waals surface area contributed by atoms with Gasteiger partial charge in [-0.2, -0.15) is 4.98 Å². The minimum absolute atomic E-state index is 0.273. The number of nitrogens with zero attached hydrogens (tertiary/aromatic N) is 6. The van der Waals surface area contributed by atoms with Gasteiger partial charge in [0.1, 0.15) is 11.8 Å². The molecule has 8 heteroatoms. The first-order chi connectivity index (χ1) is 12.9. The van der Waals surface area contributed by atoms with Crippen LogP contribution in [0.15, 0.2) is 47.5 Å². The Bertz CT molecular complexity index is 1020. The molecule has 0 unspecified atom stereocenters. The molecule has 130 valence electrons. The molecule has 4 aromatic rings. The molecule has 0 amide bonds. The van der Waals surface area contributed by atoms with Crippen molar-refractivity contribution in [3.8, 4) is 11.4 Å². The topological polar surface area (TPSA) is 96.6 Å². The Morgan fingerprint density at radius 2 is 1.88 bits per heavy atom. The van der Waals surface area contributed by atoms with Gasteiger partial charge in [-0.05, 0) is 12.8 Å². The SMILES string of the molecule is c1ccc(-c2noc(C3CCN(c4ncnc5nc[nH]c45)CC3)n2)cc1. The maximum absolute atomic E-state index is 5.54. The van der Waals surface area contributed by atoms with Gasteiger partial charge in [-0.25, -0.2) is 15.0 Å². The van der Waals surface area contributed by atoms with E-state index in [4.69, 9.17) is 4.52 Å². The number of hydrogen-bond donors (Lipinski definition) is 1. The van der Waals surface area contributed by atoms with E-state index in [2.05, 4.69) is 35.0 Å². The number of nitrogens with one attached hydrogen (secondary N) is 1. The predicted molar refractivity (Wildman–Crippen MR) is 95.6 cm³/mol. The largest absolute Gasteiger partial charge is 0.355 e. The minimum Gasteiger partial charge on any atom is -0.355 e. The Labute approximate surface area is 149 Å². The van der Waals surface area contributed by atoms with Crippen molar-refractivity contribution in [3.63, 3.8) is 0 Å². The summed E-state index contributed by atoms with van der Waals surface area (Å²) in [4.78, 5) is 22.8. The number of rotatable bonds is 3. The molecule has 0 aliphatic carbocycles. The highest BCUT2D eigenvalue weighted by Gasteiger charge is 2.27. The normalized spacial score (nSPS) is 15.6. The Balaban J connectivity index is 1.32. The smallest absolute Gasteiger partial charge is 0.230 e. The zero-order valence-corrected chi connectivity index (χ0v) is 14.0. The van der Waals surface area contributed by atoms with Crippen molar-refractivity contribution in [1.29, 1.82) is 0 Å². The number of fused-ring (bicyclic) bond motifs is 1. The van der Waals surface area contributed by atoms with Gasteiger partial charge in [0.25, 0.3) is 0 Å². The molecular formula is C18H17N7O. The van der Waals surface area contributed by atoms with Crippen molar-refractivity contribution in [2.75, 3.05) is 18.0 Å². The lowest BCUT2D eigenvalue weighted by Crippen LogP contribution is -2.33. The molecule has 0 spiro atoms. The third-order valence-corrected chi connectivity index (χ3v) is 4.82. The highest BCUT2D eigenvalue weighted by molar-refractivity contribution is 5.82. The van der Waals surface area contributed by atoms with Crippen LogP contribution in [-0.4, -0.2) is 43.2 Å². The molecule has 4 heterocycles. The third-order valence-electron chi connectivity index (χ3n) is 4.82. The van der Waals surface area contributed by atoms with Gasteiger partial charge in [0.05, 0.1) is 6.33 Å². The fourth-order valence-electron chi connectivity index (χ4n) is 3.44. The van der Waals surface area contributed by atoms with E-state index in [9.17, 15) is 0 Å². The van der Waals surface area contributed by atoms with E-state index in [0.29, 0.717) is 11.5 Å². The molecular weight excluding hydrogens is 330 g/mol. The molecule has 0 atom stereocenters. The quantitative estimate of drug-likeness (QED) is 0.608. The second-order valence-corrected chi connectivity index (χ2v) is 6.38. The van der Waals surface area contributed by atoms with Crippen LogP contribution in [0.25, 0.3) is 22.6 Å². The lowest BCUT2D eigenvalue weighted by atomic mass is 9.96. The predicted octanol–water partition coefficient (Wildman–Crippen LogP) is 2.79. The highest BCUT2D eigenvalue weighted by Crippen LogP contribution is 2.31. The summed E-state index contributed by atoms with van der Waals surface area (Å²) in [5.41, 5.74) is 2.55. The van der Waals surface area contributed by atoms with Crippen molar-refractivity contribution >= 4 is 17.0 Å². The standard InChI is InChI=1S/C18H17N7O/c1-2-4-12(5-3-1)15-23-18(26-24-15)13-6-8-25(9-7-13)17-14-16(20-10-19-14)21-11-22-17/h1-5,10-11,13H,6-9H2,(H,19,20,21,22). The van der Waals surface area contributed by atoms with Gasteiger partial charge in [0.2, 0.25) is 11.7 Å². The van der Waals surface area contributed by atoms with Crippen LogP contribution in [0, 0.1) is 0 Å². The van der Waals surface area contributed by atoms with Gasteiger partial charge in [0, 0.05) is 24.6 Å². The van der Waals surface area contributed by atoms with Crippen LogP contribution in [0.3, 0.4) is 0 Å². The summed E-state index contributed by atoms with van der Waals surface area (Å²) in [6, 6.07) is 9.90. The molecule has 1 aromatic carbocycles. The third kappa shape index (κ3) is 2.59. The molecule has 26 heavy (non-hydrogen) atoms. The Morgan fingerprint density at radius 1 is 1.04 bits per heavy atom. The van der Waals surface area contributed by atoms with Gasteiger partial charge < -0.3 is 14.4 Å². The average molecular weight is 347 g/mol. The second-order valence-electron chi connectivity index (χ2n) is 6.38. The fourth-order valence-corrected chi connectivity index (χ4v) is 3.44. The summed E-state index contributed by atoms with van der Waals surface area (Å²) in [7, 11) is 0. The molecule has 0 bridgehead atoms. The van der Waals surface area contributed by atoms with Crippen LogP contribution >= 0.6 is 0 Å². The van der Waals surface area contributed by atoms with Gasteiger partial charge in [-0.3, -0.25) is 0 Å². The second kappa shape index (κ2) is 6.21. The number of aromatic amines is 1. The van der Waals surface area contributed by atoms with Crippen LogP contribution in [0.1, 0.15) is 24.7 Å². The number of anilines is 1. The monoisotopic (exact) mass is 347 g/mol. The molecule has 1 N–H and O–H groups in total. The Hall–Kier alpha value is -3.29. The number of piperidine rings is 1. The van der Waals surface area contributed by atoms with E-state index >= 15 is 0 Å². The number of H-pyrrole nitrogens is 1. The molecule has 0 radical (unpaired) electrons. The van der Waals surface area contributed by atoms with E-state index in [1.165, 1.54) is 0 Å². The zero-order valence-electron chi connectivity index (χ0n) is 14.0. The van der Waals surface area contributed by atoms with Crippen LogP contribution in [0.2, 0.25) is 0 Å². The number of imidazole rings is 1. The number of hydrogen-bond acceptors (Lipinski definition) is 7. The van der Waals surface area contributed by atoms with Crippen molar-refractivity contribution in [1.82, 2.24) is 30.1 Å². The van der Waals surface area contributed by atoms with Crippen molar-refractivity contribution in [2.45, 2.75) is 18.8 Å². The van der Waals surface area contributed by atoms with Crippen LogP contribution in [-0.2, 0) is 0 Å². The molecule has 8 nitrogen and oxygen atoms in total. The van der Waals surface area contributed by atoms with Crippen molar-refractivity contribution in [3.05, 3.63) is 48.9 Å². The summed E-state index contributed by atoms with van der Waals surface area (Å²) in [5.74, 6) is 2.55. The molecule has 3 aromatic heterocycles. The van der Waals surface area contributed by atoms with E-state index in [1.807, 2.05) is 30.3 Å². The average Bonchev–Trinajstić information content (AvgIpc) is 3.38. The van der Waals surface area contributed by atoms with Gasteiger partial charge in [-0.15, -0.1) is 0 Å². The van der Waals surface area contributed by atoms with Crippen molar-refractivity contribution in [2.24, 2.45) is 0 Å². The fraction of sp³-hybridized carbons (Fsp3) is 0.278. The van der Waals surface area contributed by atoms with Gasteiger partial charge in [0.15, 0.2) is 11.5 Å². The molecule has 1 fully saturated rings. The molecule has 0 saturated carbocycles. The first-order valence-electron chi connectivity index (χ1n) is 8.66. The van der Waals surface area contributed by atoms with Crippen LogP contribution in [0.5, 0.6) is 0 Å². The first-order valence-corrected chi connectivity index (χ1v) is 8.66. The number of benzene rings is 1. The van der Waals surface area contributed by atoms with Crippen molar-refractivity contribution < 1.29 is 4.52 Å². The highest BCUT2D eigenvalue weighted by atomic mass is 16.5. The summed E-state index contributed by atoms with van der Waals surface area (Å²) in [6.07, 6.45) is 5.10. The summed E-state index contributed by atoms with van der Waals surface area (Å²) in [5, 5.41) is 4.14. The summed E-state index contributed by atoms with van der Waals surface area (Å²) in [6.45, 7) is 1.75. The first kappa shape index (κ1) is 15.0.